The lowest BCUT2D eigenvalue weighted by Crippen LogP contribution is -2.13. The molecule has 1 heterocycles. The van der Waals surface area contributed by atoms with Crippen LogP contribution in [-0.4, -0.2) is 42.0 Å². The largest absolute Gasteiger partial charge is 0.497 e. The number of carbonyl (C=O) groups is 2. The number of benzene rings is 2. The first kappa shape index (κ1) is 23.1. The summed E-state index contributed by atoms with van der Waals surface area (Å²) in [5.41, 5.74) is 0.889. The van der Waals surface area contributed by atoms with Gasteiger partial charge in [-0.2, -0.15) is 0 Å². The molecule has 12 heteroatoms. The van der Waals surface area contributed by atoms with Crippen LogP contribution in [0.15, 0.2) is 40.7 Å². The van der Waals surface area contributed by atoms with E-state index in [2.05, 4.69) is 20.8 Å². The highest BCUT2D eigenvalue weighted by atomic mass is 35.5. The summed E-state index contributed by atoms with van der Waals surface area (Å²) in [6.07, 6.45) is 0. The highest BCUT2D eigenvalue weighted by molar-refractivity contribution is 8.01. The molecule has 0 radical (unpaired) electrons. The van der Waals surface area contributed by atoms with E-state index in [1.807, 2.05) is 0 Å². The molecule has 0 bridgehead atoms. The molecule has 0 spiro atoms. The fourth-order valence-electron chi connectivity index (χ4n) is 2.32. The molecule has 162 valence electrons. The van der Waals surface area contributed by atoms with Gasteiger partial charge in [-0.15, -0.1) is 10.2 Å². The van der Waals surface area contributed by atoms with Crippen molar-refractivity contribution in [1.29, 1.82) is 0 Å². The summed E-state index contributed by atoms with van der Waals surface area (Å²) in [5, 5.41) is 14.4. The normalized spacial score (nSPS) is 10.5. The SMILES string of the molecule is COc1cc(OC)cc(C(=O)Nc2nnc(SCC(=O)Nc3ccc(Cl)c(Cl)c3)s2)c1. The minimum absolute atomic E-state index is 0.107. The molecule has 0 unspecified atom stereocenters. The predicted molar refractivity (Wildman–Crippen MR) is 123 cm³/mol. The van der Waals surface area contributed by atoms with E-state index in [1.165, 1.54) is 26.0 Å². The van der Waals surface area contributed by atoms with E-state index in [4.69, 9.17) is 32.7 Å². The number of amides is 2. The van der Waals surface area contributed by atoms with Crippen molar-refractivity contribution in [3.05, 3.63) is 52.0 Å². The molecule has 3 rings (SSSR count). The molecule has 0 aliphatic heterocycles. The molecule has 31 heavy (non-hydrogen) atoms. The summed E-state index contributed by atoms with van der Waals surface area (Å²) in [6, 6.07) is 9.66. The van der Waals surface area contributed by atoms with Gasteiger partial charge >= 0.3 is 0 Å². The molecular formula is C19H16Cl2N4O4S2. The molecule has 2 N–H and O–H groups in total. The summed E-state index contributed by atoms with van der Waals surface area (Å²) in [7, 11) is 3.00. The van der Waals surface area contributed by atoms with Crippen LogP contribution in [0.25, 0.3) is 0 Å². The first-order valence-corrected chi connectivity index (χ1v) is 11.2. The van der Waals surface area contributed by atoms with Crippen LogP contribution in [-0.2, 0) is 4.79 Å². The Bertz CT molecular complexity index is 1090. The van der Waals surface area contributed by atoms with Crippen LogP contribution >= 0.6 is 46.3 Å². The minimum atomic E-state index is -0.387. The average Bonchev–Trinajstić information content (AvgIpc) is 3.21. The number of nitrogens with zero attached hydrogens (tertiary/aromatic N) is 2. The lowest BCUT2D eigenvalue weighted by Gasteiger charge is -2.07. The van der Waals surface area contributed by atoms with Gasteiger partial charge < -0.3 is 14.8 Å². The quantitative estimate of drug-likeness (QED) is 0.338. The number of hydrogen-bond acceptors (Lipinski definition) is 8. The Labute approximate surface area is 196 Å². The van der Waals surface area contributed by atoms with Gasteiger partial charge in [0.1, 0.15) is 11.5 Å². The molecule has 0 saturated heterocycles. The number of carbonyl (C=O) groups excluding carboxylic acids is 2. The Morgan fingerprint density at radius 2 is 1.71 bits per heavy atom. The van der Waals surface area contributed by atoms with E-state index in [-0.39, 0.29) is 17.6 Å². The van der Waals surface area contributed by atoms with E-state index >= 15 is 0 Å². The van der Waals surface area contributed by atoms with Crippen LogP contribution in [0.3, 0.4) is 0 Å². The zero-order valence-corrected chi connectivity index (χ0v) is 19.4. The maximum atomic E-state index is 12.5. The van der Waals surface area contributed by atoms with Crippen LogP contribution in [0.4, 0.5) is 10.8 Å². The first-order chi connectivity index (χ1) is 14.9. The van der Waals surface area contributed by atoms with Crippen LogP contribution in [0.1, 0.15) is 10.4 Å². The molecule has 2 aromatic carbocycles. The van der Waals surface area contributed by atoms with E-state index < -0.39 is 0 Å². The summed E-state index contributed by atoms with van der Waals surface area (Å²) in [5.74, 6) is 0.461. The number of nitrogens with one attached hydrogen (secondary N) is 2. The molecule has 0 saturated carbocycles. The van der Waals surface area contributed by atoms with Gasteiger partial charge in [0.2, 0.25) is 11.0 Å². The molecule has 0 fully saturated rings. The fraction of sp³-hybridized carbons (Fsp3) is 0.158. The van der Waals surface area contributed by atoms with Gasteiger partial charge in [0.15, 0.2) is 4.34 Å². The van der Waals surface area contributed by atoms with E-state index in [9.17, 15) is 9.59 Å². The Kier molecular flexibility index (Phi) is 7.97. The summed E-state index contributed by atoms with van der Waals surface area (Å²) >= 11 is 14.1. The summed E-state index contributed by atoms with van der Waals surface area (Å²) in [4.78, 5) is 24.6. The molecule has 0 aliphatic rings. The predicted octanol–water partition coefficient (Wildman–Crippen LogP) is 4.85. The zero-order valence-electron chi connectivity index (χ0n) is 16.3. The summed E-state index contributed by atoms with van der Waals surface area (Å²) < 4.78 is 10.9. The lowest BCUT2D eigenvalue weighted by atomic mass is 10.2. The second kappa shape index (κ2) is 10.7. The number of halogens is 2. The smallest absolute Gasteiger partial charge is 0.257 e. The lowest BCUT2D eigenvalue weighted by molar-refractivity contribution is -0.113. The molecule has 2 amide bonds. The Morgan fingerprint density at radius 1 is 1.00 bits per heavy atom. The third-order valence-electron chi connectivity index (χ3n) is 3.77. The van der Waals surface area contributed by atoms with Crippen molar-refractivity contribution in [3.63, 3.8) is 0 Å². The van der Waals surface area contributed by atoms with Crippen LogP contribution in [0.2, 0.25) is 10.0 Å². The van der Waals surface area contributed by atoms with Crippen LogP contribution < -0.4 is 20.1 Å². The zero-order chi connectivity index (χ0) is 22.4. The molecule has 0 atom stereocenters. The van der Waals surface area contributed by atoms with Crippen LogP contribution in [0.5, 0.6) is 11.5 Å². The maximum absolute atomic E-state index is 12.5. The number of rotatable bonds is 8. The Morgan fingerprint density at radius 3 is 2.35 bits per heavy atom. The molecule has 1 aromatic heterocycles. The van der Waals surface area contributed by atoms with E-state index in [1.54, 1.807) is 36.4 Å². The van der Waals surface area contributed by atoms with Crippen molar-refractivity contribution >= 4 is 68.9 Å². The van der Waals surface area contributed by atoms with E-state index in [0.29, 0.717) is 42.3 Å². The molecule has 0 aliphatic carbocycles. The molecular weight excluding hydrogens is 483 g/mol. The van der Waals surface area contributed by atoms with Gasteiger partial charge in [-0.25, -0.2) is 0 Å². The van der Waals surface area contributed by atoms with Crippen LogP contribution in [0, 0.1) is 0 Å². The van der Waals surface area contributed by atoms with Crippen molar-refractivity contribution in [3.8, 4) is 11.5 Å². The van der Waals surface area contributed by atoms with Crippen molar-refractivity contribution in [2.45, 2.75) is 4.34 Å². The Hall–Kier alpha value is -2.53. The fourth-order valence-corrected chi connectivity index (χ4v) is 4.17. The number of aromatic nitrogens is 2. The summed E-state index contributed by atoms with van der Waals surface area (Å²) in [6.45, 7) is 0. The van der Waals surface area contributed by atoms with Gasteiger partial charge in [0, 0.05) is 17.3 Å². The third-order valence-corrected chi connectivity index (χ3v) is 6.48. The average molecular weight is 499 g/mol. The molecule has 3 aromatic rings. The van der Waals surface area contributed by atoms with Gasteiger partial charge in [0.05, 0.1) is 30.0 Å². The maximum Gasteiger partial charge on any atom is 0.257 e. The molecule has 8 nitrogen and oxygen atoms in total. The number of methoxy groups -OCH3 is 2. The topological polar surface area (TPSA) is 102 Å². The standard InChI is InChI=1S/C19H16Cl2N4O4S2/c1-28-12-5-10(6-13(8-12)29-2)17(27)23-18-24-25-19(31-18)30-9-16(26)22-11-3-4-14(20)15(21)7-11/h3-8H,9H2,1-2H3,(H,22,26)(H,23,24,27). The van der Waals surface area contributed by atoms with Gasteiger partial charge in [-0.1, -0.05) is 46.3 Å². The number of hydrogen-bond donors (Lipinski definition) is 2. The third kappa shape index (κ3) is 6.47. The van der Waals surface area contributed by atoms with Crippen molar-refractivity contribution in [2.75, 3.05) is 30.6 Å². The van der Waals surface area contributed by atoms with Crippen molar-refractivity contribution < 1.29 is 19.1 Å². The van der Waals surface area contributed by atoms with Gasteiger partial charge in [-0.3, -0.25) is 14.9 Å². The van der Waals surface area contributed by atoms with E-state index in [0.717, 1.165) is 11.3 Å². The highest BCUT2D eigenvalue weighted by Crippen LogP contribution is 2.28. The number of anilines is 2. The van der Waals surface area contributed by atoms with Crippen molar-refractivity contribution in [2.24, 2.45) is 0 Å². The minimum Gasteiger partial charge on any atom is -0.497 e. The van der Waals surface area contributed by atoms with Crippen molar-refractivity contribution in [1.82, 2.24) is 10.2 Å². The monoisotopic (exact) mass is 498 g/mol. The van der Waals surface area contributed by atoms with Gasteiger partial charge in [-0.05, 0) is 30.3 Å². The Balaban J connectivity index is 1.56. The highest BCUT2D eigenvalue weighted by Gasteiger charge is 2.14. The number of thioether (sulfide) groups is 1. The van der Waals surface area contributed by atoms with Gasteiger partial charge in [0.25, 0.3) is 5.91 Å². The number of ether oxygens (including phenoxy) is 2. The second-order valence-electron chi connectivity index (χ2n) is 5.89. The first-order valence-electron chi connectivity index (χ1n) is 8.63. The second-order valence-corrected chi connectivity index (χ2v) is 8.91.